The van der Waals surface area contributed by atoms with E-state index in [4.69, 9.17) is 18.7 Å². The molecular weight excluding hydrogens is 412 g/mol. The molecule has 0 spiro atoms. The first-order valence-corrected chi connectivity index (χ1v) is 10.7. The molecule has 5 heterocycles. The molecule has 4 aromatic rings. The van der Waals surface area contributed by atoms with E-state index in [0.29, 0.717) is 17.4 Å². The molecule has 1 aliphatic heterocycles. The number of carbonyl (C=O) groups is 1. The monoisotopic (exact) mass is 436 g/mol. The highest BCUT2D eigenvalue weighted by Gasteiger charge is 2.19. The molecule has 10 nitrogen and oxygen atoms in total. The summed E-state index contributed by atoms with van der Waals surface area (Å²) >= 11 is 0. The zero-order valence-electron chi connectivity index (χ0n) is 17.7. The molecule has 0 aliphatic carbocycles. The van der Waals surface area contributed by atoms with Crippen molar-refractivity contribution in [3.8, 4) is 11.6 Å². The lowest BCUT2D eigenvalue weighted by Crippen LogP contribution is -2.22. The van der Waals surface area contributed by atoms with Gasteiger partial charge in [-0.1, -0.05) is 5.16 Å². The third kappa shape index (κ3) is 3.96. The molecule has 32 heavy (non-hydrogen) atoms. The van der Waals surface area contributed by atoms with E-state index in [1.165, 1.54) is 6.26 Å². The van der Waals surface area contributed by atoms with E-state index < -0.39 is 0 Å². The zero-order valence-corrected chi connectivity index (χ0v) is 17.7. The maximum atomic E-state index is 12.1. The Bertz CT molecular complexity index is 1280. The summed E-state index contributed by atoms with van der Waals surface area (Å²) < 4.78 is 18.2. The average Bonchev–Trinajstić information content (AvgIpc) is 3.59. The maximum Gasteiger partial charge on any atom is 0.287 e. The number of nitrogens with zero attached hydrogens (tertiary/aromatic N) is 4. The van der Waals surface area contributed by atoms with Crippen LogP contribution in [0.4, 0.5) is 0 Å². The van der Waals surface area contributed by atoms with Gasteiger partial charge >= 0.3 is 0 Å². The Hall–Kier alpha value is -3.66. The fourth-order valence-corrected chi connectivity index (χ4v) is 3.87. The topological polar surface area (TPSA) is 123 Å². The Morgan fingerprint density at radius 1 is 1.34 bits per heavy atom. The van der Waals surface area contributed by atoms with Crippen LogP contribution >= 0.6 is 0 Å². The lowest BCUT2D eigenvalue weighted by molar-refractivity contribution is 0.0864. The van der Waals surface area contributed by atoms with Crippen molar-refractivity contribution in [2.45, 2.75) is 38.9 Å². The van der Waals surface area contributed by atoms with E-state index in [9.17, 15) is 4.79 Å². The van der Waals surface area contributed by atoms with Crippen LogP contribution in [-0.2, 0) is 17.8 Å². The fraction of sp³-hybridized carbons (Fsp3) is 0.364. The van der Waals surface area contributed by atoms with Gasteiger partial charge in [-0.2, -0.15) is 4.98 Å². The third-order valence-electron chi connectivity index (χ3n) is 5.52. The normalized spacial score (nSPS) is 15.5. The molecular formula is C22H24N6O4. The number of hydrogen-bond donors (Lipinski definition) is 2. The predicted octanol–water partition coefficient (Wildman–Crippen LogP) is 2.64. The molecule has 0 radical (unpaired) electrons. The standard InChI is InChI=1S/C22H24N6O4/c1-2-28-8-5-15(25-14-6-10-30-11-7-14)19-16(28)12-23-20(19)22-26-18(27-32-22)13-24-21(29)17-4-3-9-31-17/h3-5,8-9,12,14,23H,2,6-7,10-11,13H2,1H3,(H,24,29). The highest BCUT2D eigenvalue weighted by Crippen LogP contribution is 2.24. The van der Waals surface area contributed by atoms with E-state index in [1.807, 2.05) is 18.5 Å². The van der Waals surface area contributed by atoms with Gasteiger partial charge in [0.2, 0.25) is 0 Å². The average molecular weight is 436 g/mol. The van der Waals surface area contributed by atoms with E-state index in [1.54, 1.807) is 12.1 Å². The molecule has 1 aliphatic rings. The van der Waals surface area contributed by atoms with Gasteiger partial charge in [-0.05, 0) is 38.0 Å². The zero-order chi connectivity index (χ0) is 21.9. The second-order valence-electron chi connectivity index (χ2n) is 7.56. The molecule has 10 heteroatoms. The van der Waals surface area contributed by atoms with Crippen molar-refractivity contribution in [3.63, 3.8) is 0 Å². The summed E-state index contributed by atoms with van der Waals surface area (Å²) in [5.74, 6) is 0.602. The lowest BCUT2D eigenvalue weighted by atomic mass is 10.1. The first kappa shape index (κ1) is 20.3. The van der Waals surface area contributed by atoms with Crippen LogP contribution in [0.3, 0.4) is 0 Å². The predicted molar refractivity (Wildman–Crippen MR) is 115 cm³/mol. The van der Waals surface area contributed by atoms with Crippen molar-refractivity contribution in [2.24, 2.45) is 4.99 Å². The number of fused-ring (bicyclic) bond motifs is 1. The fourth-order valence-electron chi connectivity index (χ4n) is 3.87. The van der Waals surface area contributed by atoms with Gasteiger partial charge in [-0.3, -0.25) is 9.79 Å². The van der Waals surface area contributed by atoms with Gasteiger partial charge in [0.25, 0.3) is 11.8 Å². The maximum absolute atomic E-state index is 12.1. The smallest absolute Gasteiger partial charge is 0.287 e. The molecule has 5 rings (SSSR count). The van der Waals surface area contributed by atoms with Gasteiger partial charge in [-0.25, -0.2) is 0 Å². The number of hydrogen-bond acceptors (Lipinski definition) is 7. The Balaban J connectivity index is 1.46. The number of nitrogens with one attached hydrogen (secondary N) is 2. The van der Waals surface area contributed by atoms with Crippen molar-refractivity contribution < 1.29 is 18.5 Å². The lowest BCUT2D eigenvalue weighted by Gasteiger charge is -2.18. The molecule has 4 aromatic heterocycles. The van der Waals surface area contributed by atoms with E-state index >= 15 is 0 Å². The molecule has 0 bridgehead atoms. The van der Waals surface area contributed by atoms with Crippen LogP contribution in [0.2, 0.25) is 0 Å². The van der Waals surface area contributed by atoms with Gasteiger partial charge in [-0.15, -0.1) is 0 Å². The molecule has 1 amide bonds. The molecule has 1 fully saturated rings. The van der Waals surface area contributed by atoms with Crippen LogP contribution in [0.15, 0.2) is 50.8 Å². The van der Waals surface area contributed by atoms with Crippen LogP contribution in [0.1, 0.15) is 36.1 Å². The van der Waals surface area contributed by atoms with E-state index in [0.717, 1.165) is 48.9 Å². The molecule has 2 N–H and O–H groups in total. The Labute approximate surface area is 183 Å². The minimum absolute atomic E-state index is 0.121. The van der Waals surface area contributed by atoms with E-state index in [2.05, 4.69) is 31.9 Å². The van der Waals surface area contributed by atoms with Gasteiger partial charge in [0, 0.05) is 32.2 Å². The Kier molecular flexibility index (Phi) is 5.59. The summed E-state index contributed by atoms with van der Waals surface area (Å²) in [6, 6.07) is 5.50. The van der Waals surface area contributed by atoms with Gasteiger partial charge < -0.3 is 28.5 Å². The summed E-state index contributed by atoms with van der Waals surface area (Å²) in [5, 5.41) is 8.56. The highest BCUT2D eigenvalue weighted by atomic mass is 16.5. The molecule has 0 atom stereocenters. The number of pyridine rings is 1. The summed E-state index contributed by atoms with van der Waals surface area (Å²) in [4.78, 5) is 24.8. The molecule has 166 valence electrons. The number of ether oxygens (including phenoxy) is 1. The van der Waals surface area contributed by atoms with Crippen molar-refractivity contribution in [1.82, 2.24) is 25.0 Å². The minimum atomic E-state index is -0.340. The van der Waals surface area contributed by atoms with Crippen molar-refractivity contribution in [3.05, 3.63) is 53.8 Å². The van der Waals surface area contributed by atoms with Crippen molar-refractivity contribution in [1.29, 1.82) is 0 Å². The van der Waals surface area contributed by atoms with Crippen molar-refractivity contribution >= 4 is 16.8 Å². The number of amides is 1. The number of furan rings is 1. The van der Waals surface area contributed by atoms with Crippen LogP contribution in [0.25, 0.3) is 22.5 Å². The SMILES string of the molecule is CCn1ccc(=NC2CCOCC2)c2c(-c3nc(CNC(=O)c4ccco4)no3)[nH]cc21. The second-order valence-corrected chi connectivity index (χ2v) is 7.56. The summed E-state index contributed by atoms with van der Waals surface area (Å²) in [7, 11) is 0. The van der Waals surface area contributed by atoms with E-state index in [-0.39, 0.29) is 24.3 Å². The Morgan fingerprint density at radius 3 is 3.00 bits per heavy atom. The minimum Gasteiger partial charge on any atom is -0.459 e. The van der Waals surface area contributed by atoms with Crippen LogP contribution in [0.5, 0.6) is 0 Å². The molecule has 1 saturated heterocycles. The number of aromatic nitrogens is 4. The first-order valence-electron chi connectivity index (χ1n) is 10.7. The third-order valence-corrected chi connectivity index (χ3v) is 5.52. The van der Waals surface area contributed by atoms with Gasteiger partial charge in [0.15, 0.2) is 11.6 Å². The van der Waals surface area contributed by atoms with Crippen molar-refractivity contribution in [2.75, 3.05) is 13.2 Å². The van der Waals surface area contributed by atoms with Crippen LogP contribution in [-0.4, -0.2) is 44.9 Å². The number of carbonyl (C=O) groups excluding carboxylic acids is 1. The number of H-pyrrole nitrogens is 1. The highest BCUT2D eigenvalue weighted by molar-refractivity contribution is 5.92. The summed E-state index contributed by atoms with van der Waals surface area (Å²) in [6.45, 7) is 4.49. The largest absolute Gasteiger partial charge is 0.459 e. The van der Waals surface area contributed by atoms with Crippen LogP contribution in [0, 0.1) is 0 Å². The quantitative estimate of drug-likeness (QED) is 0.479. The van der Waals surface area contributed by atoms with Gasteiger partial charge in [0.05, 0.1) is 35.1 Å². The first-order chi connectivity index (χ1) is 15.7. The number of rotatable bonds is 6. The number of aromatic amines is 1. The number of aryl methyl sites for hydroxylation is 1. The molecule has 0 saturated carbocycles. The molecule has 0 aromatic carbocycles. The Morgan fingerprint density at radius 2 is 2.22 bits per heavy atom. The second kappa shape index (κ2) is 8.83. The van der Waals surface area contributed by atoms with Gasteiger partial charge in [0.1, 0.15) is 5.69 Å². The van der Waals surface area contributed by atoms with Crippen LogP contribution < -0.4 is 10.7 Å². The molecule has 0 unspecified atom stereocenters. The summed E-state index contributed by atoms with van der Waals surface area (Å²) in [6.07, 6.45) is 7.23. The summed E-state index contributed by atoms with van der Waals surface area (Å²) in [5.41, 5.74) is 1.73.